The Morgan fingerprint density at radius 2 is 1.67 bits per heavy atom. The van der Waals surface area contributed by atoms with Crippen molar-refractivity contribution in [3.8, 4) is 5.69 Å². The molecule has 7 nitrogen and oxygen atoms in total. The van der Waals surface area contributed by atoms with Gasteiger partial charge in [0.25, 0.3) is 11.5 Å². The lowest BCUT2D eigenvalue weighted by Crippen LogP contribution is -2.40. The van der Waals surface area contributed by atoms with E-state index in [9.17, 15) is 27.6 Å². The first-order chi connectivity index (χ1) is 14.3. The van der Waals surface area contributed by atoms with Crippen LogP contribution in [0.3, 0.4) is 0 Å². The Bertz CT molecular complexity index is 1160. The summed E-state index contributed by atoms with van der Waals surface area (Å²) < 4.78 is 40.8. The zero-order valence-corrected chi connectivity index (χ0v) is 15.5. The van der Waals surface area contributed by atoms with Crippen molar-refractivity contribution >= 4 is 11.8 Å². The van der Waals surface area contributed by atoms with Gasteiger partial charge in [0, 0.05) is 13.1 Å². The van der Waals surface area contributed by atoms with Crippen LogP contribution in [0, 0.1) is 17.5 Å². The number of rotatable bonds is 5. The van der Waals surface area contributed by atoms with Crippen molar-refractivity contribution in [3.05, 3.63) is 93.7 Å². The van der Waals surface area contributed by atoms with Gasteiger partial charge >= 0.3 is 0 Å². The van der Waals surface area contributed by atoms with E-state index < -0.39 is 40.9 Å². The molecule has 1 heterocycles. The Hall–Kier alpha value is -3.95. The molecule has 0 saturated carbocycles. The molecular formula is C20H15F3N4O3. The van der Waals surface area contributed by atoms with E-state index in [1.165, 1.54) is 19.2 Å². The number of likely N-dealkylation sites (N-methyl/N-ethyl adjacent to an activating group) is 1. The standard InChI is InChI=1S/C20H15F3N4O3/c1-24-20(30)18(11-2-7-14(22)15(23)10-11)25-19(29)16-8-9-17(28)27(26-16)13-5-3-12(21)4-6-13/h2-10,18H,1H3,(H,24,30)(H,25,29). The van der Waals surface area contributed by atoms with Crippen molar-refractivity contribution in [2.24, 2.45) is 0 Å². The van der Waals surface area contributed by atoms with E-state index in [-0.39, 0.29) is 16.9 Å². The van der Waals surface area contributed by atoms with Crippen LogP contribution >= 0.6 is 0 Å². The molecular weight excluding hydrogens is 401 g/mol. The molecule has 0 bridgehead atoms. The fourth-order valence-electron chi connectivity index (χ4n) is 2.64. The molecule has 0 aliphatic carbocycles. The Morgan fingerprint density at radius 3 is 2.30 bits per heavy atom. The average Bonchev–Trinajstić information content (AvgIpc) is 2.74. The van der Waals surface area contributed by atoms with Gasteiger partial charge in [0.2, 0.25) is 5.91 Å². The van der Waals surface area contributed by atoms with E-state index in [1.807, 2.05) is 0 Å². The monoisotopic (exact) mass is 416 g/mol. The van der Waals surface area contributed by atoms with Crippen molar-refractivity contribution in [3.63, 3.8) is 0 Å². The number of aromatic nitrogens is 2. The second-order valence-corrected chi connectivity index (χ2v) is 6.14. The molecule has 0 saturated heterocycles. The maximum absolute atomic E-state index is 13.6. The van der Waals surface area contributed by atoms with Crippen LogP contribution in [0.15, 0.2) is 59.4 Å². The van der Waals surface area contributed by atoms with Crippen LogP contribution in [0.5, 0.6) is 0 Å². The molecule has 2 aromatic carbocycles. The highest BCUT2D eigenvalue weighted by molar-refractivity contribution is 5.96. The van der Waals surface area contributed by atoms with E-state index in [4.69, 9.17) is 0 Å². The Kier molecular flexibility index (Phi) is 5.95. The third kappa shape index (κ3) is 4.37. The summed E-state index contributed by atoms with van der Waals surface area (Å²) in [5.74, 6) is -4.32. The molecule has 3 aromatic rings. The normalized spacial score (nSPS) is 11.6. The fraction of sp³-hybridized carbons (Fsp3) is 0.100. The second-order valence-electron chi connectivity index (χ2n) is 6.14. The molecule has 10 heteroatoms. The first-order valence-electron chi connectivity index (χ1n) is 8.64. The summed E-state index contributed by atoms with van der Waals surface area (Å²) in [5.41, 5.74) is -0.565. The van der Waals surface area contributed by atoms with Gasteiger partial charge in [-0.15, -0.1) is 0 Å². The quantitative estimate of drug-likeness (QED) is 0.664. The van der Waals surface area contributed by atoms with Crippen LogP contribution in [0.2, 0.25) is 0 Å². The first kappa shape index (κ1) is 20.8. The zero-order chi connectivity index (χ0) is 21.8. The van der Waals surface area contributed by atoms with Gasteiger partial charge in [-0.25, -0.2) is 13.2 Å². The summed E-state index contributed by atoms with van der Waals surface area (Å²) in [6.45, 7) is 0. The highest BCUT2D eigenvalue weighted by Gasteiger charge is 2.24. The summed E-state index contributed by atoms with van der Waals surface area (Å²) in [5, 5.41) is 8.64. The number of nitrogens with one attached hydrogen (secondary N) is 2. The average molecular weight is 416 g/mol. The van der Waals surface area contributed by atoms with Gasteiger partial charge in [0.15, 0.2) is 11.6 Å². The SMILES string of the molecule is CNC(=O)C(NC(=O)c1ccc(=O)n(-c2ccc(F)cc2)n1)c1ccc(F)c(F)c1. The Balaban J connectivity index is 1.93. The van der Waals surface area contributed by atoms with Crippen LogP contribution in [-0.4, -0.2) is 28.6 Å². The molecule has 2 amide bonds. The number of carbonyl (C=O) groups is 2. The number of nitrogens with zero attached hydrogens (tertiary/aromatic N) is 2. The first-order valence-corrected chi connectivity index (χ1v) is 8.64. The van der Waals surface area contributed by atoms with Crippen molar-refractivity contribution in [2.45, 2.75) is 6.04 Å². The smallest absolute Gasteiger partial charge is 0.272 e. The minimum absolute atomic E-state index is 0.00783. The van der Waals surface area contributed by atoms with Crippen molar-refractivity contribution in [2.75, 3.05) is 7.05 Å². The molecule has 30 heavy (non-hydrogen) atoms. The van der Waals surface area contributed by atoms with Gasteiger partial charge in [0.1, 0.15) is 17.6 Å². The van der Waals surface area contributed by atoms with Gasteiger partial charge in [-0.2, -0.15) is 9.78 Å². The van der Waals surface area contributed by atoms with Crippen molar-refractivity contribution in [1.29, 1.82) is 0 Å². The Labute approximate surface area is 168 Å². The predicted octanol–water partition coefficient (Wildman–Crippen LogP) is 1.87. The van der Waals surface area contributed by atoms with Crippen LogP contribution in [0.25, 0.3) is 5.69 Å². The zero-order valence-electron chi connectivity index (χ0n) is 15.5. The molecule has 1 aromatic heterocycles. The van der Waals surface area contributed by atoms with Crippen LogP contribution < -0.4 is 16.2 Å². The summed E-state index contributed by atoms with van der Waals surface area (Å²) in [6.07, 6.45) is 0. The molecule has 0 aliphatic rings. The molecule has 0 radical (unpaired) electrons. The highest BCUT2D eigenvalue weighted by Crippen LogP contribution is 2.17. The topological polar surface area (TPSA) is 93.1 Å². The molecule has 1 unspecified atom stereocenters. The summed E-state index contributed by atoms with van der Waals surface area (Å²) in [4.78, 5) is 36.9. The lowest BCUT2D eigenvalue weighted by Gasteiger charge is -2.18. The van der Waals surface area contributed by atoms with E-state index in [2.05, 4.69) is 15.7 Å². The fourth-order valence-corrected chi connectivity index (χ4v) is 2.64. The van der Waals surface area contributed by atoms with Crippen molar-refractivity contribution < 1.29 is 22.8 Å². The third-order valence-corrected chi connectivity index (χ3v) is 4.17. The van der Waals surface area contributed by atoms with E-state index in [1.54, 1.807) is 0 Å². The lowest BCUT2D eigenvalue weighted by molar-refractivity contribution is -0.122. The molecule has 0 fully saturated rings. The van der Waals surface area contributed by atoms with Gasteiger partial charge in [-0.05, 0) is 48.0 Å². The minimum atomic E-state index is -1.34. The third-order valence-electron chi connectivity index (χ3n) is 4.17. The largest absolute Gasteiger partial charge is 0.357 e. The number of benzene rings is 2. The maximum Gasteiger partial charge on any atom is 0.272 e. The predicted molar refractivity (Wildman–Crippen MR) is 100 cm³/mol. The van der Waals surface area contributed by atoms with Gasteiger partial charge < -0.3 is 10.6 Å². The summed E-state index contributed by atoms with van der Waals surface area (Å²) >= 11 is 0. The van der Waals surface area contributed by atoms with Crippen LogP contribution in [-0.2, 0) is 4.79 Å². The van der Waals surface area contributed by atoms with E-state index in [0.717, 1.165) is 47.1 Å². The van der Waals surface area contributed by atoms with Gasteiger partial charge in [-0.3, -0.25) is 14.4 Å². The number of halogens is 3. The van der Waals surface area contributed by atoms with Crippen LogP contribution in [0.1, 0.15) is 22.1 Å². The Morgan fingerprint density at radius 1 is 0.967 bits per heavy atom. The number of carbonyl (C=O) groups excluding carboxylic acids is 2. The second kappa shape index (κ2) is 8.60. The minimum Gasteiger partial charge on any atom is -0.357 e. The maximum atomic E-state index is 13.6. The van der Waals surface area contributed by atoms with Gasteiger partial charge in [-0.1, -0.05) is 6.07 Å². The molecule has 3 rings (SSSR count). The summed E-state index contributed by atoms with van der Waals surface area (Å²) in [6, 6.07) is 8.53. The number of amides is 2. The van der Waals surface area contributed by atoms with Crippen LogP contribution in [0.4, 0.5) is 13.2 Å². The molecule has 2 N–H and O–H groups in total. The number of hydrogen-bond donors (Lipinski definition) is 2. The molecule has 0 spiro atoms. The molecule has 154 valence electrons. The molecule has 0 aliphatic heterocycles. The highest BCUT2D eigenvalue weighted by atomic mass is 19.2. The summed E-state index contributed by atoms with van der Waals surface area (Å²) in [7, 11) is 1.31. The van der Waals surface area contributed by atoms with E-state index in [0.29, 0.717) is 0 Å². The number of hydrogen-bond acceptors (Lipinski definition) is 4. The van der Waals surface area contributed by atoms with Crippen molar-refractivity contribution in [1.82, 2.24) is 20.4 Å². The van der Waals surface area contributed by atoms with E-state index >= 15 is 0 Å². The lowest BCUT2D eigenvalue weighted by atomic mass is 10.1. The van der Waals surface area contributed by atoms with Gasteiger partial charge in [0.05, 0.1) is 5.69 Å². The molecule has 1 atom stereocenters.